The number of carboxylic acid groups (broad SMARTS) is 1. The summed E-state index contributed by atoms with van der Waals surface area (Å²) in [5.74, 6) is -1.23. The molecule has 1 unspecified atom stereocenters. The topological polar surface area (TPSA) is 119 Å². The minimum absolute atomic E-state index is 0.0852. The maximum absolute atomic E-state index is 11.8. The third-order valence-electron chi connectivity index (χ3n) is 3.65. The maximum atomic E-state index is 11.8. The molecule has 3 rings (SSSR count). The standard InChI is InChI=1S/C16H15N3O3S/c1-8-7-10(9-5-3-2-4-6-9)19-14-11(8)12(17)13(15(20)21)23(14)16(18)22/h2-7,23H,17H2,1H3,(H2,18,22)(H,20,21). The van der Waals surface area contributed by atoms with Crippen LogP contribution in [0.1, 0.15) is 11.1 Å². The molecule has 0 bridgehead atoms. The summed E-state index contributed by atoms with van der Waals surface area (Å²) >= 11 is 0. The molecule has 0 fully saturated rings. The molecule has 0 spiro atoms. The molecule has 1 amide bonds. The lowest BCUT2D eigenvalue weighted by Gasteiger charge is -2.15. The van der Waals surface area contributed by atoms with E-state index in [1.54, 1.807) is 0 Å². The highest BCUT2D eigenvalue weighted by Gasteiger charge is 2.37. The average molecular weight is 329 g/mol. The van der Waals surface area contributed by atoms with Crippen LogP contribution in [0.4, 0.5) is 4.79 Å². The molecule has 23 heavy (non-hydrogen) atoms. The van der Waals surface area contributed by atoms with E-state index in [0.29, 0.717) is 16.3 Å². The molecule has 0 aliphatic carbocycles. The number of carbonyl (C=O) groups excluding carboxylic acids is 1. The number of hydrogen-bond acceptors (Lipinski definition) is 4. The number of aliphatic carboxylic acids is 1. The van der Waals surface area contributed by atoms with Crippen LogP contribution in [0.2, 0.25) is 0 Å². The van der Waals surface area contributed by atoms with Crippen LogP contribution in [0.25, 0.3) is 17.0 Å². The summed E-state index contributed by atoms with van der Waals surface area (Å²) in [6, 6.07) is 11.3. The van der Waals surface area contributed by atoms with Gasteiger partial charge in [0.2, 0.25) is 0 Å². The Morgan fingerprint density at radius 2 is 1.87 bits per heavy atom. The Hall–Kier alpha value is -2.80. The number of carbonyl (C=O) groups is 2. The van der Waals surface area contributed by atoms with Crippen molar-refractivity contribution in [2.45, 2.75) is 11.9 Å². The second-order valence-corrected chi connectivity index (χ2v) is 7.11. The molecule has 7 heteroatoms. The molecular formula is C16H15N3O3S. The van der Waals surface area contributed by atoms with Gasteiger partial charge in [-0.15, -0.1) is 0 Å². The highest BCUT2D eigenvalue weighted by Crippen LogP contribution is 2.54. The summed E-state index contributed by atoms with van der Waals surface area (Å²) in [7, 11) is -1.90. The van der Waals surface area contributed by atoms with Crippen molar-refractivity contribution in [1.82, 2.24) is 4.98 Å². The van der Waals surface area contributed by atoms with E-state index in [1.165, 1.54) is 0 Å². The van der Waals surface area contributed by atoms with Crippen molar-refractivity contribution in [2.24, 2.45) is 11.5 Å². The fourth-order valence-corrected chi connectivity index (χ4v) is 4.59. The Balaban J connectivity index is 2.25. The molecule has 1 aromatic carbocycles. The first-order valence-electron chi connectivity index (χ1n) is 6.82. The quantitative estimate of drug-likeness (QED) is 0.630. The minimum atomic E-state index is -1.90. The molecule has 0 saturated carbocycles. The fraction of sp³-hybridized carbons (Fsp3) is 0.0625. The highest BCUT2D eigenvalue weighted by molar-refractivity contribution is 8.33. The molecule has 1 aliphatic heterocycles. The van der Waals surface area contributed by atoms with Gasteiger partial charge in [-0.25, -0.2) is 9.78 Å². The zero-order chi connectivity index (χ0) is 16.7. The van der Waals surface area contributed by atoms with Crippen LogP contribution in [0.5, 0.6) is 0 Å². The monoisotopic (exact) mass is 329 g/mol. The van der Waals surface area contributed by atoms with Gasteiger partial charge in [0.1, 0.15) is 4.91 Å². The number of amides is 1. The number of rotatable bonds is 2. The fourth-order valence-electron chi connectivity index (χ4n) is 2.68. The number of aryl methyl sites for hydroxylation is 1. The van der Waals surface area contributed by atoms with Crippen molar-refractivity contribution in [3.8, 4) is 11.3 Å². The van der Waals surface area contributed by atoms with Crippen molar-refractivity contribution in [2.75, 3.05) is 0 Å². The zero-order valence-corrected chi connectivity index (χ0v) is 13.2. The molecule has 0 saturated heterocycles. The Bertz CT molecular complexity index is 862. The van der Waals surface area contributed by atoms with Crippen LogP contribution in [-0.2, 0) is 4.79 Å². The molecular weight excluding hydrogens is 314 g/mol. The van der Waals surface area contributed by atoms with E-state index in [4.69, 9.17) is 11.5 Å². The zero-order valence-electron chi connectivity index (χ0n) is 12.3. The Labute approximate surface area is 135 Å². The molecule has 1 aromatic heterocycles. The number of thiol groups is 1. The van der Waals surface area contributed by atoms with Gasteiger partial charge in [0.05, 0.1) is 16.4 Å². The van der Waals surface area contributed by atoms with Crippen LogP contribution in [-0.4, -0.2) is 21.3 Å². The summed E-state index contributed by atoms with van der Waals surface area (Å²) in [6.45, 7) is 1.82. The number of fused-ring (bicyclic) bond motifs is 1. The van der Waals surface area contributed by atoms with Crippen molar-refractivity contribution in [1.29, 1.82) is 0 Å². The first-order valence-corrected chi connectivity index (χ1v) is 8.16. The number of benzene rings is 1. The predicted octanol–water partition coefficient (Wildman–Crippen LogP) is 2.22. The molecule has 1 aliphatic rings. The van der Waals surface area contributed by atoms with Crippen LogP contribution < -0.4 is 11.5 Å². The van der Waals surface area contributed by atoms with E-state index in [1.807, 2.05) is 43.3 Å². The van der Waals surface area contributed by atoms with E-state index in [9.17, 15) is 14.7 Å². The molecule has 2 aromatic rings. The van der Waals surface area contributed by atoms with Gasteiger partial charge in [-0.1, -0.05) is 41.2 Å². The average Bonchev–Trinajstić information content (AvgIpc) is 2.81. The number of aromatic nitrogens is 1. The second-order valence-electron chi connectivity index (χ2n) is 5.13. The van der Waals surface area contributed by atoms with Gasteiger partial charge >= 0.3 is 5.97 Å². The Kier molecular flexibility index (Phi) is 3.57. The van der Waals surface area contributed by atoms with Crippen LogP contribution >= 0.6 is 10.9 Å². The number of nitrogens with zero attached hydrogens (tertiary/aromatic N) is 1. The number of nitrogens with two attached hydrogens (primary N) is 2. The van der Waals surface area contributed by atoms with Gasteiger partial charge in [0.15, 0.2) is 0 Å². The first-order chi connectivity index (χ1) is 10.9. The second kappa shape index (κ2) is 5.44. The smallest absolute Gasteiger partial charge is 0.343 e. The molecule has 1 atom stereocenters. The summed E-state index contributed by atoms with van der Waals surface area (Å²) in [5, 5.41) is 9.06. The lowest BCUT2D eigenvalue weighted by molar-refractivity contribution is -0.131. The van der Waals surface area contributed by atoms with Crippen LogP contribution in [0, 0.1) is 6.92 Å². The van der Waals surface area contributed by atoms with Crippen molar-refractivity contribution >= 4 is 27.8 Å². The van der Waals surface area contributed by atoms with Crippen molar-refractivity contribution in [3.63, 3.8) is 0 Å². The van der Waals surface area contributed by atoms with Crippen molar-refractivity contribution < 1.29 is 14.7 Å². The Morgan fingerprint density at radius 3 is 2.43 bits per heavy atom. The van der Waals surface area contributed by atoms with Gasteiger partial charge in [-0.3, -0.25) is 4.79 Å². The van der Waals surface area contributed by atoms with Crippen LogP contribution in [0.3, 0.4) is 0 Å². The van der Waals surface area contributed by atoms with E-state index in [0.717, 1.165) is 11.1 Å². The van der Waals surface area contributed by atoms with Crippen molar-refractivity contribution in [3.05, 3.63) is 52.4 Å². The number of hydrogen-bond donors (Lipinski definition) is 4. The number of carboxylic acids is 1. The third-order valence-corrected chi connectivity index (χ3v) is 5.72. The third kappa shape index (κ3) is 2.35. The minimum Gasteiger partial charge on any atom is -0.477 e. The van der Waals surface area contributed by atoms with E-state index in [2.05, 4.69) is 4.98 Å². The lowest BCUT2D eigenvalue weighted by atomic mass is 10.0. The normalized spacial score (nSPS) is 17.9. The summed E-state index contributed by atoms with van der Waals surface area (Å²) in [6.07, 6.45) is 0. The number of pyridine rings is 1. The van der Waals surface area contributed by atoms with Gasteiger partial charge in [0, 0.05) is 11.1 Å². The van der Waals surface area contributed by atoms with Crippen LogP contribution in [0.15, 0.2) is 46.3 Å². The largest absolute Gasteiger partial charge is 0.477 e. The maximum Gasteiger partial charge on any atom is 0.343 e. The molecule has 5 N–H and O–H groups in total. The van der Waals surface area contributed by atoms with E-state index >= 15 is 0 Å². The summed E-state index contributed by atoms with van der Waals surface area (Å²) in [5.41, 5.74) is 14.3. The van der Waals surface area contributed by atoms with Gasteiger partial charge in [-0.05, 0) is 18.6 Å². The Morgan fingerprint density at radius 1 is 1.22 bits per heavy atom. The van der Waals surface area contributed by atoms with Gasteiger partial charge in [-0.2, -0.15) is 0 Å². The van der Waals surface area contributed by atoms with Gasteiger partial charge in [0.25, 0.3) is 5.24 Å². The first kappa shape index (κ1) is 15.1. The SMILES string of the molecule is Cc1cc(-c2ccccc2)nc2c1C(N)=C(C(=O)O)[SH]2C(N)=O. The highest BCUT2D eigenvalue weighted by atomic mass is 32.2. The summed E-state index contributed by atoms with van der Waals surface area (Å²) in [4.78, 5) is 27.7. The lowest BCUT2D eigenvalue weighted by Crippen LogP contribution is -2.14. The molecule has 118 valence electrons. The summed E-state index contributed by atoms with van der Waals surface area (Å²) < 4.78 is 0. The van der Waals surface area contributed by atoms with E-state index < -0.39 is 22.1 Å². The van der Waals surface area contributed by atoms with E-state index in [-0.39, 0.29) is 10.6 Å². The number of primary amides is 1. The molecule has 0 radical (unpaired) electrons. The molecule has 2 heterocycles. The molecule has 6 nitrogen and oxygen atoms in total. The predicted molar refractivity (Wildman–Crippen MR) is 90.0 cm³/mol. The van der Waals surface area contributed by atoms with Gasteiger partial charge < -0.3 is 16.6 Å².